The number of methoxy groups -OCH3 is 1. The molecule has 0 saturated carbocycles. The van der Waals surface area contributed by atoms with Gasteiger partial charge in [0.15, 0.2) is 0 Å². The van der Waals surface area contributed by atoms with Crippen LogP contribution in [0, 0.1) is 0 Å². The zero-order valence-electron chi connectivity index (χ0n) is 9.37. The third-order valence-electron chi connectivity index (χ3n) is 2.65. The Balaban J connectivity index is 2.74. The average molecular weight is 274 g/mol. The summed E-state index contributed by atoms with van der Waals surface area (Å²) >= 11 is 0. The summed E-state index contributed by atoms with van der Waals surface area (Å²) < 4.78 is 66.8. The highest BCUT2D eigenvalue weighted by atomic mass is 32.2. The van der Waals surface area contributed by atoms with E-state index in [0.717, 1.165) is 0 Å². The molecule has 17 heavy (non-hydrogen) atoms. The molecule has 8 heteroatoms. The minimum atomic E-state index is -5.55. The lowest BCUT2D eigenvalue weighted by molar-refractivity contribution is -0.0531. The van der Waals surface area contributed by atoms with Crippen molar-refractivity contribution in [1.82, 2.24) is 0 Å². The van der Waals surface area contributed by atoms with Crippen molar-refractivity contribution in [3.63, 3.8) is 0 Å². The molecule has 0 spiro atoms. The molecular formula is C9H13F3O4S. The van der Waals surface area contributed by atoms with Crippen LogP contribution in [0.25, 0.3) is 0 Å². The number of rotatable bonds is 3. The Hall–Kier alpha value is -0.760. The molecule has 0 aromatic carbocycles. The van der Waals surface area contributed by atoms with E-state index in [2.05, 4.69) is 4.18 Å². The van der Waals surface area contributed by atoms with Gasteiger partial charge in [0.05, 0.1) is 5.60 Å². The van der Waals surface area contributed by atoms with Crippen LogP contribution in [0.3, 0.4) is 0 Å². The van der Waals surface area contributed by atoms with Crippen LogP contribution in [0.4, 0.5) is 13.2 Å². The van der Waals surface area contributed by atoms with Crippen LogP contribution in [0.15, 0.2) is 11.8 Å². The van der Waals surface area contributed by atoms with E-state index >= 15 is 0 Å². The molecule has 1 atom stereocenters. The predicted octanol–water partition coefficient (Wildman–Crippen LogP) is 2.33. The smallest absolute Gasteiger partial charge is 0.381 e. The highest BCUT2D eigenvalue weighted by molar-refractivity contribution is 7.87. The van der Waals surface area contributed by atoms with Crippen molar-refractivity contribution in [2.24, 2.45) is 0 Å². The molecule has 1 rings (SSSR count). The van der Waals surface area contributed by atoms with Crippen molar-refractivity contribution in [2.75, 3.05) is 7.11 Å². The Bertz CT molecular complexity index is 412. The summed E-state index contributed by atoms with van der Waals surface area (Å²) in [5.41, 5.74) is -5.87. The lowest BCUT2D eigenvalue weighted by Gasteiger charge is -2.30. The van der Waals surface area contributed by atoms with Crippen molar-refractivity contribution >= 4 is 10.1 Å². The second-order valence-corrected chi connectivity index (χ2v) is 5.55. The summed E-state index contributed by atoms with van der Waals surface area (Å²) in [6.45, 7) is 1.79. The van der Waals surface area contributed by atoms with Crippen LogP contribution >= 0.6 is 0 Å². The highest BCUT2D eigenvalue weighted by Gasteiger charge is 2.49. The van der Waals surface area contributed by atoms with Gasteiger partial charge in [-0.3, -0.25) is 0 Å². The quantitative estimate of drug-likeness (QED) is 0.585. The second kappa shape index (κ2) is 4.49. The van der Waals surface area contributed by atoms with Crippen molar-refractivity contribution in [3.8, 4) is 0 Å². The number of halogens is 3. The van der Waals surface area contributed by atoms with Crippen molar-refractivity contribution < 1.29 is 30.5 Å². The first-order chi connectivity index (χ1) is 7.60. The zero-order valence-corrected chi connectivity index (χ0v) is 10.2. The molecule has 0 bridgehead atoms. The molecule has 0 aromatic heterocycles. The Morgan fingerprint density at radius 1 is 1.41 bits per heavy atom. The summed E-state index contributed by atoms with van der Waals surface area (Å²) in [6, 6.07) is 0. The predicted molar refractivity (Wildman–Crippen MR) is 53.4 cm³/mol. The fourth-order valence-corrected chi connectivity index (χ4v) is 1.90. The van der Waals surface area contributed by atoms with Gasteiger partial charge >= 0.3 is 15.6 Å². The topological polar surface area (TPSA) is 52.6 Å². The Morgan fingerprint density at radius 2 is 2.00 bits per heavy atom. The lowest BCUT2D eigenvalue weighted by atomic mass is 9.90. The van der Waals surface area contributed by atoms with Gasteiger partial charge in [0.2, 0.25) is 0 Å². The van der Waals surface area contributed by atoms with E-state index in [-0.39, 0.29) is 12.2 Å². The molecule has 0 radical (unpaired) electrons. The molecule has 0 aromatic rings. The average Bonchev–Trinajstić information content (AvgIpc) is 2.20. The van der Waals surface area contributed by atoms with Gasteiger partial charge in [-0.05, 0) is 25.8 Å². The molecule has 0 heterocycles. The van der Waals surface area contributed by atoms with Crippen LogP contribution in [0.1, 0.15) is 26.2 Å². The fourth-order valence-electron chi connectivity index (χ4n) is 1.37. The number of allylic oxidation sites excluding steroid dienone is 1. The zero-order chi connectivity index (χ0) is 13.3. The maximum Gasteiger partial charge on any atom is 0.534 e. The largest absolute Gasteiger partial charge is 0.534 e. The number of hydrogen-bond donors (Lipinski definition) is 0. The summed E-state index contributed by atoms with van der Waals surface area (Å²) in [4.78, 5) is 0. The molecule has 100 valence electrons. The summed E-state index contributed by atoms with van der Waals surface area (Å²) in [6.07, 6.45) is 2.13. The van der Waals surface area contributed by atoms with Gasteiger partial charge in [-0.15, -0.1) is 0 Å². The van der Waals surface area contributed by atoms with E-state index in [0.29, 0.717) is 12.8 Å². The van der Waals surface area contributed by atoms with Gasteiger partial charge in [-0.25, -0.2) is 0 Å². The number of hydrogen-bond acceptors (Lipinski definition) is 4. The van der Waals surface area contributed by atoms with Crippen LogP contribution in [0.5, 0.6) is 0 Å². The molecule has 1 aliphatic carbocycles. The molecule has 0 saturated heterocycles. The molecule has 1 aliphatic rings. The van der Waals surface area contributed by atoms with Gasteiger partial charge in [-0.1, -0.05) is 0 Å². The van der Waals surface area contributed by atoms with E-state index in [1.54, 1.807) is 6.92 Å². The van der Waals surface area contributed by atoms with Gasteiger partial charge in [0, 0.05) is 13.5 Å². The first-order valence-corrected chi connectivity index (χ1v) is 6.25. The van der Waals surface area contributed by atoms with Crippen LogP contribution < -0.4 is 0 Å². The monoisotopic (exact) mass is 274 g/mol. The van der Waals surface area contributed by atoms with Gasteiger partial charge in [0.25, 0.3) is 0 Å². The van der Waals surface area contributed by atoms with E-state index in [1.807, 2.05) is 0 Å². The maximum atomic E-state index is 12.0. The van der Waals surface area contributed by atoms with E-state index in [1.165, 1.54) is 13.2 Å². The Kier molecular flexibility index (Phi) is 3.78. The van der Waals surface area contributed by atoms with E-state index < -0.39 is 21.2 Å². The molecule has 1 unspecified atom stereocenters. The Labute approximate surface area is 97.5 Å². The standard InChI is InChI=1S/C9H13F3O4S/c1-8(15-2)5-3-7(4-6-8)16-17(13,14)9(10,11)12/h3H,4-6H2,1-2H3. The minimum absolute atomic E-state index is 0.0969. The van der Waals surface area contributed by atoms with Crippen molar-refractivity contribution in [1.29, 1.82) is 0 Å². The Morgan fingerprint density at radius 3 is 2.35 bits per heavy atom. The normalized spacial score (nSPS) is 26.5. The maximum absolute atomic E-state index is 12.0. The van der Waals surface area contributed by atoms with Gasteiger partial charge in [-0.2, -0.15) is 21.6 Å². The number of alkyl halides is 3. The third kappa shape index (κ3) is 3.35. The highest BCUT2D eigenvalue weighted by Crippen LogP contribution is 2.33. The molecule has 0 N–H and O–H groups in total. The molecule has 0 amide bonds. The van der Waals surface area contributed by atoms with Crippen molar-refractivity contribution in [2.45, 2.75) is 37.3 Å². The van der Waals surface area contributed by atoms with Gasteiger partial charge < -0.3 is 8.92 Å². The van der Waals surface area contributed by atoms with E-state index in [4.69, 9.17) is 4.74 Å². The third-order valence-corrected chi connectivity index (χ3v) is 3.66. The lowest BCUT2D eigenvalue weighted by Crippen LogP contribution is -2.31. The second-order valence-electron chi connectivity index (χ2n) is 4.01. The fraction of sp³-hybridized carbons (Fsp3) is 0.778. The molecule has 0 fully saturated rings. The van der Waals surface area contributed by atoms with Crippen molar-refractivity contribution in [3.05, 3.63) is 11.8 Å². The van der Waals surface area contributed by atoms with Crippen LogP contribution in [0.2, 0.25) is 0 Å². The van der Waals surface area contributed by atoms with Crippen LogP contribution in [-0.2, 0) is 19.0 Å². The summed E-state index contributed by atoms with van der Waals surface area (Å²) in [5.74, 6) is -0.183. The first-order valence-electron chi connectivity index (χ1n) is 4.85. The van der Waals surface area contributed by atoms with E-state index in [9.17, 15) is 21.6 Å². The summed E-state index contributed by atoms with van der Waals surface area (Å²) in [7, 11) is -4.06. The molecule has 4 nitrogen and oxygen atoms in total. The molecule has 0 aliphatic heterocycles. The minimum Gasteiger partial charge on any atom is -0.381 e. The molecular weight excluding hydrogens is 261 g/mol. The SMILES string of the molecule is COC1(C)CC=C(OS(=O)(=O)C(F)(F)F)CC1. The van der Waals surface area contributed by atoms with Crippen LogP contribution in [-0.4, -0.2) is 26.6 Å². The summed E-state index contributed by atoms with van der Waals surface area (Å²) in [5, 5.41) is 0. The van der Waals surface area contributed by atoms with Gasteiger partial charge in [0.1, 0.15) is 5.76 Å². The number of ether oxygens (including phenoxy) is 1. The first kappa shape index (κ1) is 14.3.